The number of thiophene rings is 1. The Hall–Kier alpha value is -0.600. The molecule has 1 aromatic rings. The van der Waals surface area contributed by atoms with Crippen molar-refractivity contribution >= 4 is 16.9 Å². The SMILES string of the molecule is Cc1cc(C2=CC(N)CC(C)C2)cs1. The lowest BCUT2D eigenvalue weighted by Gasteiger charge is -2.23. The predicted octanol–water partition coefficient (Wildman–Crippen LogP) is 3.20. The summed E-state index contributed by atoms with van der Waals surface area (Å²) in [7, 11) is 0. The maximum Gasteiger partial charge on any atom is 0.0232 e. The van der Waals surface area contributed by atoms with E-state index in [0.717, 1.165) is 12.3 Å². The van der Waals surface area contributed by atoms with Crippen molar-refractivity contribution in [1.82, 2.24) is 0 Å². The second-order valence-electron chi connectivity index (χ2n) is 4.35. The summed E-state index contributed by atoms with van der Waals surface area (Å²) in [6, 6.07) is 2.52. The van der Waals surface area contributed by atoms with Gasteiger partial charge in [-0.15, -0.1) is 11.3 Å². The molecule has 2 atom stereocenters. The Bertz CT molecular complexity index is 351. The van der Waals surface area contributed by atoms with Crippen LogP contribution in [0.25, 0.3) is 5.57 Å². The molecule has 1 aliphatic carbocycles. The third-order valence-corrected chi connectivity index (χ3v) is 3.62. The van der Waals surface area contributed by atoms with Gasteiger partial charge in [-0.2, -0.15) is 0 Å². The Morgan fingerprint density at radius 3 is 2.86 bits per heavy atom. The van der Waals surface area contributed by atoms with E-state index in [1.807, 2.05) is 11.3 Å². The molecule has 1 nitrogen and oxygen atoms in total. The summed E-state index contributed by atoms with van der Waals surface area (Å²) >= 11 is 1.82. The van der Waals surface area contributed by atoms with Gasteiger partial charge in [0, 0.05) is 10.9 Å². The summed E-state index contributed by atoms with van der Waals surface area (Å²) in [5, 5.41) is 2.24. The maximum atomic E-state index is 5.99. The van der Waals surface area contributed by atoms with Crippen LogP contribution in [-0.2, 0) is 0 Å². The molecular weight excluding hydrogens is 190 g/mol. The van der Waals surface area contributed by atoms with Gasteiger partial charge in [0.15, 0.2) is 0 Å². The number of rotatable bonds is 1. The molecule has 2 rings (SSSR count). The van der Waals surface area contributed by atoms with E-state index in [0.29, 0.717) is 0 Å². The highest BCUT2D eigenvalue weighted by molar-refractivity contribution is 7.10. The average Bonchev–Trinajstić information content (AvgIpc) is 2.50. The topological polar surface area (TPSA) is 26.0 Å². The molecule has 1 aromatic heterocycles. The fourth-order valence-electron chi connectivity index (χ4n) is 2.14. The molecule has 0 spiro atoms. The van der Waals surface area contributed by atoms with Gasteiger partial charge in [-0.25, -0.2) is 0 Å². The number of hydrogen-bond donors (Lipinski definition) is 1. The molecule has 0 saturated carbocycles. The lowest BCUT2D eigenvalue weighted by atomic mass is 9.85. The summed E-state index contributed by atoms with van der Waals surface area (Å²) in [5.74, 6) is 0.727. The molecule has 0 bridgehead atoms. The van der Waals surface area contributed by atoms with E-state index in [2.05, 4.69) is 31.4 Å². The van der Waals surface area contributed by atoms with Crippen LogP contribution in [0.4, 0.5) is 0 Å². The molecule has 0 aromatic carbocycles. The van der Waals surface area contributed by atoms with Crippen LogP contribution in [0, 0.1) is 12.8 Å². The minimum atomic E-state index is 0.258. The lowest BCUT2D eigenvalue weighted by Crippen LogP contribution is -2.24. The standard InChI is InChI=1S/C12H17NS/c1-8-3-10(6-12(13)4-8)11-5-9(2)14-7-11/h5-8,12H,3-4,13H2,1-2H3. The number of aryl methyl sites for hydroxylation is 1. The molecule has 2 N–H and O–H groups in total. The zero-order valence-corrected chi connectivity index (χ0v) is 9.60. The fraction of sp³-hybridized carbons (Fsp3) is 0.500. The van der Waals surface area contributed by atoms with Crippen molar-refractivity contribution in [3.63, 3.8) is 0 Å². The predicted molar refractivity (Wildman–Crippen MR) is 63.4 cm³/mol. The summed E-state index contributed by atoms with van der Waals surface area (Å²) in [6.45, 7) is 4.44. The quantitative estimate of drug-likeness (QED) is 0.752. The highest BCUT2D eigenvalue weighted by Crippen LogP contribution is 2.32. The van der Waals surface area contributed by atoms with Gasteiger partial charge in [0.1, 0.15) is 0 Å². The van der Waals surface area contributed by atoms with Gasteiger partial charge in [0.2, 0.25) is 0 Å². The van der Waals surface area contributed by atoms with Crippen LogP contribution in [0.2, 0.25) is 0 Å². The van der Waals surface area contributed by atoms with Gasteiger partial charge in [0.25, 0.3) is 0 Å². The first-order valence-electron chi connectivity index (χ1n) is 5.17. The molecular formula is C12H17NS. The Kier molecular flexibility index (Phi) is 2.75. The van der Waals surface area contributed by atoms with Crippen LogP contribution >= 0.6 is 11.3 Å². The Balaban J connectivity index is 2.25. The molecule has 2 heteroatoms. The van der Waals surface area contributed by atoms with E-state index in [9.17, 15) is 0 Å². The first kappa shape index (κ1) is 9.94. The highest BCUT2D eigenvalue weighted by Gasteiger charge is 2.17. The van der Waals surface area contributed by atoms with Crippen LogP contribution in [0.3, 0.4) is 0 Å². The van der Waals surface area contributed by atoms with Gasteiger partial charge in [-0.1, -0.05) is 13.0 Å². The Labute approximate surface area is 89.6 Å². The second-order valence-corrected chi connectivity index (χ2v) is 5.46. The molecule has 0 aliphatic heterocycles. The van der Waals surface area contributed by atoms with Crippen molar-refractivity contribution in [2.75, 3.05) is 0 Å². The minimum Gasteiger partial charge on any atom is -0.324 e. The third-order valence-electron chi connectivity index (χ3n) is 2.76. The number of allylic oxidation sites excluding steroid dienone is 1. The normalized spacial score (nSPS) is 27.5. The summed E-state index contributed by atoms with van der Waals surface area (Å²) < 4.78 is 0. The molecule has 0 fully saturated rings. The van der Waals surface area contributed by atoms with Gasteiger partial charge >= 0.3 is 0 Å². The maximum absolute atomic E-state index is 5.99. The number of nitrogens with two attached hydrogens (primary N) is 1. The Morgan fingerprint density at radius 2 is 2.29 bits per heavy atom. The van der Waals surface area contributed by atoms with Crippen molar-refractivity contribution in [3.8, 4) is 0 Å². The van der Waals surface area contributed by atoms with Crippen molar-refractivity contribution < 1.29 is 0 Å². The van der Waals surface area contributed by atoms with Crippen LogP contribution in [0.1, 0.15) is 30.2 Å². The second kappa shape index (κ2) is 3.87. The first-order chi connectivity index (χ1) is 6.65. The molecule has 0 saturated heterocycles. The third kappa shape index (κ3) is 2.07. The zero-order valence-electron chi connectivity index (χ0n) is 8.79. The summed E-state index contributed by atoms with van der Waals surface area (Å²) in [5.41, 5.74) is 8.82. The molecule has 14 heavy (non-hydrogen) atoms. The first-order valence-corrected chi connectivity index (χ1v) is 6.05. The van der Waals surface area contributed by atoms with E-state index < -0.39 is 0 Å². The van der Waals surface area contributed by atoms with Crippen LogP contribution in [-0.4, -0.2) is 6.04 Å². The highest BCUT2D eigenvalue weighted by atomic mass is 32.1. The largest absolute Gasteiger partial charge is 0.324 e. The molecule has 0 amide bonds. The van der Waals surface area contributed by atoms with Gasteiger partial charge in [0.05, 0.1) is 0 Å². The summed E-state index contributed by atoms with van der Waals surface area (Å²) in [6.07, 6.45) is 4.55. The molecule has 2 unspecified atom stereocenters. The van der Waals surface area contributed by atoms with Crippen LogP contribution < -0.4 is 5.73 Å². The van der Waals surface area contributed by atoms with E-state index in [4.69, 9.17) is 5.73 Å². The minimum absolute atomic E-state index is 0.258. The van der Waals surface area contributed by atoms with E-state index >= 15 is 0 Å². The number of hydrogen-bond acceptors (Lipinski definition) is 2. The molecule has 1 aliphatic rings. The van der Waals surface area contributed by atoms with Gasteiger partial charge in [-0.3, -0.25) is 0 Å². The lowest BCUT2D eigenvalue weighted by molar-refractivity contribution is 0.496. The molecule has 0 radical (unpaired) electrons. The van der Waals surface area contributed by atoms with E-state index in [1.54, 1.807) is 0 Å². The summed E-state index contributed by atoms with van der Waals surface area (Å²) in [4.78, 5) is 1.38. The van der Waals surface area contributed by atoms with Crippen LogP contribution in [0.5, 0.6) is 0 Å². The van der Waals surface area contributed by atoms with Crippen molar-refractivity contribution in [2.45, 2.75) is 32.7 Å². The molecule has 76 valence electrons. The smallest absolute Gasteiger partial charge is 0.0232 e. The molecule has 1 heterocycles. The van der Waals surface area contributed by atoms with Gasteiger partial charge in [-0.05, 0) is 48.3 Å². The van der Waals surface area contributed by atoms with E-state index in [-0.39, 0.29) is 6.04 Å². The van der Waals surface area contributed by atoms with Crippen molar-refractivity contribution in [2.24, 2.45) is 11.7 Å². The average molecular weight is 207 g/mol. The van der Waals surface area contributed by atoms with Crippen molar-refractivity contribution in [1.29, 1.82) is 0 Å². The van der Waals surface area contributed by atoms with Crippen LogP contribution in [0.15, 0.2) is 17.5 Å². The fourth-order valence-corrected chi connectivity index (χ4v) is 2.87. The monoisotopic (exact) mass is 207 g/mol. The van der Waals surface area contributed by atoms with E-state index in [1.165, 1.54) is 22.4 Å². The zero-order chi connectivity index (χ0) is 10.1. The van der Waals surface area contributed by atoms with Crippen molar-refractivity contribution in [3.05, 3.63) is 28.0 Å². The Morgan fingerprint density at radius 1 is 1.50 bits per heavy atom. The van der Waals surface area contributed by atoms with Gasteiger partial charge < -0.3 is 5.73 Å².